The molecule has 0 amide bonds. The van der Waals surface area contributed by atoms with Gasteiger partial charge in [-0.05, 0) is 56.3 Å². The number of hydrogen-bond acceptors (Lipinski definition) is 0. The summed E-state index contributed by atoms with van der Waals surface area (Å²) in [6, 6.07) is 32.7. The van der Waals surface area contributed by atoms with Crippen LogP contribution in [-0.4, -0.2) is 0 Å². The van der Waals surface area contributed by atoms with Crippen molar-refractivity contribution < 1.29 is 0 Å². The van der Waals surface area contributed by atoms with Gasteiger partial charge in [0, 0.05) is 0 Å². The third-order valence-electron chi connectivity index (χ3n) is 4.45. The Hall–Kier alpha value is -2.69. The highest BCUT2D eigenvalue weighted by Gasteiger charge is 2.42. The molecule has 0 bridgehead atoms. The van der Waals surface area contributed by atoms with Crippen LogP contribution in [0.5, 0.6) is 0 Å². The lowest BCUT2D eigenvalue weighted by Gasteiger charge is -2.23. The maximum Gasteiger partial charge on any atom is 0.136 e. The van der Waals surface area contributed by atoms with Crippen LogP contribution in [0.25, 0.3) is 0 Å². The molecule has 0 aliphatic rings. The van der Waals surface area contributed by atoms with Crippen LogP contribution < -0.4 is 15.9 Å². The Bertz CT molecular complexity index is 819. The molecule has 3 aromatic rings. The van der Waals surface area contributed by atoms with Crippen LogP contribution in [0.15, 0.2) is 127 Å². The summed E-state index contributed by atoms with van der Waals surface area (Å²) in [6.45, 7) is 4.23. The first-order chi connectivity index (χ1) is 13.2. The van der Waals surface area contributed by atoms with E-state index in [4.69, 9.17) is 0 Å². The Morgan fingerprint density at radius 1 is 0.556 bits per heavy atom. The van der Waals surface area contributed by atoms with Gasteiger partial charge < -0.3 is 0 Å². The van der Waals surface area contributed by atoms with Gasteiger partial charge in [-0.1, -0.05) is 78.4 Å². The average Bonchev–Trinajstić information content (AvgIpc) is 2.73. The van der Waals surface area contributed by atoms with Crippen molar-refractivity contribution in [3.05, 3.63) is 127 Å². The highest BCUT2D eigenvalue weighted by molar-refractivity contribution is 7.98. The summed E-state index contributed by atoms with van der Waals surface area (Å²) in [5.74, 6) is 2.42. The van der Waals surface area contributed by atoms with Gasteiger partial charge in [-0.2, -0.15) is 0 Å². The van der Waals surface area contributed by atoms with E-state index in [0.717, 1.165) is 0 Å². The second-order valence-corrected chi connectivity index (χ2v) is 9.99. The maximum absolute atomic E-state index is 2.42. The summed E-state index contributed by atoms with van der Waals surface area (Å²) in [5.41, 5.74) is 1.30. The summed E-state index contributed by atoms with van der Waals surface area (Å²) < 4.78 is 0. The summed E-state index contributed by atoms with van der Waals surface area (Å²) >= 11 is 0. The Labute approximate surface area is 163 Å². The lowest BCUT2D eigenvalue weighted by Crippen LogP contribution is -2.29. The highest BCUT2D eigenvalue weighted by atomic mass is 31.2. The normalized spacial score (nSPS) is 11.8. The van der Waals surface area contributed by atoms with Crippen LogP contribution >= 0.6 is 7.26 Å². The van der Waals surface area contributed by atoms with Gasteiger partial charge in [0.1, 0.15) is 23.2 Å². The van der Waals surface area contributed by atoms with Gasteiger partial charge in [-0.3, -0.25) is 0 Å². The second-order valence-electron chi connectivity index (χ2n) is 6.70. The van der Waals surface area contributed by atoms with Crippen LogP contribution in [0, 0.1) is 0 Å². The molecule has 3 aromatic carbocycles. The molecule has 27 heavy (non-hydrogen) atoms. The second kappa shape index (κ2) is 9.31. The van der Waals surface area contributed by atoms with Gasteiger partial charge in [0.15, 0.2) is 0 Å². The number of benzene rings is 3. The van der Waals surface area contributed by atoms with E-state index in [1.54, 1.807) is 0 Å². The van der Waals surface area contributed by atoms with Crippen molar-refractivity contribution >= 4 is 23.2 Å². The van der Waals surface area contributed by atoms with Crippen LogP contribution in [0.2, 0.25) is 0 Å². The fourth-order valence-corrected chi connectivity index (χ4v) is 6.88. The van der Waals surface area contributed by atoms with Crippen molar-refractivity contribution in [1.29, 1.82) is 0 Å². The average molecular weight is 369 g/mol. The first-order valence-electron chi connectivity index (χ1n) is 9.28. The molecule has 3 rings (SSSR count). The molecular formula is C26H26P+. The van der Waals surface area contributed by atoms with Crippen LogP contribution in [0.4, 0.5) is 0 Å². The van der Waals surface area contributed by atoms with Crippen molar-refractivity contribution in [2.75, 3.05) is 0 Å². The van der Waals surface area contributed by atoms with E-state index in [1.807, 2.05) is 0 Å². The van der Waals surface area contributed by atoms with Gasteiger partial charge in [-0.15, -0.1) is 0 Å². The number of rotatable bonds is 6. The molecule has 0 nitrogen and oxygen atoms in total. The van der Waals surface area contributed by atoms with Gasteiger partial charge in [0.05, 0.1) is 5.82 Å². The summed E-state index contributed by atoms with van der Waals surface area (Å²) in [6.07, 6.45) is 8.59. The zero-order chi connectivity index (χ0) is 19.0. The van der Waals surface area contributed by atoms with Crippen LogP contribution in [0.3, 0.4) is 0 Å². The molecule has 0 radical (unpaired) electrons. The molecule has 0 N–H and O–H groups in total. The van der Waals surface area contributed by atoms with Crippen LogP contribution in [0.1, 0.15) is 13.8 Å². The van der Waals surface area contributed by atoms with E-state index in [9.17, 15) is 0 Å². The molecule has 0 unspecified atom stereocenters. The largest absolute Gasteiger partial charge is 0.136 e. The molecule has 0 fully saturated rings. The fourth-order valence-electron chi connectivity index (χ4n) is 3.19. The van der Waals surface area contributed by atoms with E-state index in [2.05, 4.69) is 135 Å². The molecule has 0 aliphatic heterocycles. The van der Waals surface area contributed by atoms with E-state index < -0.39 is 7.26 Å². The van der Waals surface area contributed by atoms with Crippen molar-refractivity contribution in [3.8, 4) is 0 Å². The smallest absolute Gasteiger partial charge is 0.0764 e. The third kappa shape index (κ3) is 4.54. The van der Waals surface area contributed by atoms with Crippen molar-refractivity contribution in [3.63, 3.8) is 0 Å². The zero-order valence-electron chi connectivity index (χ0n) is 16.0. The Morgan fingerprint density at radius 2 is 0.963 bits per heavy atom. The minimum Gasteiger partial charge on any atom is -0.0764 e. The van der Waals surface area contributed by atoms with E-state index in [-0.39, 0.29) is 0 Å². The summed E-state index contributed by atoms with van der Waals surface area (Å²) in [7, 11) is -1.87. The molecule has 0 saturated heterocycles. The van der Waals surface area contributed by atoms with E-state index >= 15 is 0 Å². The minimum atomic E-state index is -1.87. The summed E-state index contributed by atoms with van der Waals surface area (Å²) in [5, 5.41) is 4.11. The van der Waals surface area contributed by atoms with E-state index in [1.165, 1.54) is 21.5 Å². The first-order valence-corrected chi connectivity index (χ1v) is 11.1. The Morgan fingerprint density at radius 3 is 1.33 bits per heavy atom. The predicted octanol–water partition coefficient (Wildman–Crippen LogP) is 6.02. The molecule has 0 aromatic heterocycles. The molecule has 0 saturated carbocycles. The number of allylic oxidation sites excluding steroid dienone is 5. The van der Waals surface area contributed by atoms with Gasteiger partial charge in [0.2, 0.25) is 0 Å². The molecule has 0 aliphatic carbocycles. The molecule has 1 heteroatoms. The van der Waals surface area contributed by atoms with Crippen LogP contribution in [-0.2, 0) is 0 Å². The topological polar surface area (TPSA) is 0 Å². The Balaban J connectivity index is 2.21. The highest BCUT2D eigenvalue weighted by Crippen LogP contribution is 2.56. The van der Waals surface area contributed by atoms with Gasteiger partial charge in [0.25, 0.3) is 0 Å². The summed E-state index contributed by atoms with van der Waals surface area (Å²) in [4.78, 5) is 0. The maximum atomic E-state index is 2.42. The van der Waals surface area contributed by atoms with Gasteiger partial charge in [-0.25, -0.2) is 0 Å². The monoisotopic (exact) mass is 369 g/mol. The standard InChI is InChI=1S/C26H26P/c1-23(2)15-7-6-14-22-27(24-16-8-3-9-17-24,25-18-10-4-11-19-25)26-20-12-5-13-21-26/h3-22H,1-2H3/q+1/b7-6+,22-14+. The SMILES string of the molecule is CC(C)=C/C=C/C=C/[P+](c1ccccc1)(c1ccccc1)c1ccccc1. The fraction of sp³-hybridized carbons (Fsp3) is 0.0769. The van der Waals surface area contributed by atoms with Crippen molar-refractivity contribution in [1.82, 2.24) is 0 Å². The zero-order valence-corrected chi connectivity index (χ0v) is 16.9. The van der Waals surface area contributed by atoms with E-state index in [0.29, 0.717) is 0 Å². The predicted molar refractivity (Wildman–Crippen MR) is 123 cm³/mol. The Kier molecular flexibility index (Phi) is 6.58. The third-order valence-corrected chi connectivity index (χ3v) is 8.41. The molecule has 134 valence electrons. The molecule has 0 atom stereocenters. The lowest BCUT2D eigenvalue weighted by atomic mass is 10.3. The quantitative estimate of drug-likeness (QED) is 0.368. The van der Waals surface area contributed by atoms with Crippen molar-refractivity contribution in [2.24, 2.45) is 0 Å². The first kappa shape index (κ1) is 19.1. The van der Waals surface area contributed by atoms with Crippen molar-refractivity contribution in [2.45, 2.75) is 13.8 Å². The molecule has 0 spiro atoms. The minimum absolute atomic E-state index is 1.30. The molecule has 0 heterocycles. The molecular weight excluding hydrogens is 343 g/mol. The van der Waals surface area contributed by atoms with Gasteiger partial charge >= 0.3 is 0 Å². The lowest BCUT2D eigenvalue weighted by molar-refractivity contribution is 1.39. The number of hydrogen-bond donors (Lipinski definition) is 0.